The molecular formula is C18H20N2O5S. The molecule has 1 spiro atoms. The molecule has 2 aromatic rings. The van der Waals surface area contributed by atoms with Gasteiger partial charge in [-0.25, -0.2) is 4.79 Å². The van der Waals surface area contributed by atoms with E-state index < -0.39 is 11.6 Å². The fourth-order valence-corrected chi connectivity index (χ4v) is 5.17. The Hall–Kier alpha value is -2.19. The fourth-order valence-electron chi connectivity index (χ4n) is 3.92. The van der Waals surface area contributed by atoms with E-state index in [1.165, 1.54) is 11.3 Å². The number of aryl methyl sites for hydroxylation is 2. The van der Waals surface area contributed by atoms with Gasteiger partial charge < -0.3 is 19.3 Å². The van der Waals surface area contributed by atoms with Crippen molar-refractivity contribution in [1.29, 1.82) is 0 Å². The lowest BCUT2D eigenvalue weighted by Crippen LogP contribution is -2.48. The molecule has 1 N–H and O–H groups in total. The second-order valence-corrected chi connectivity index (χ2v) is 7.91. The molecule has 2 aromatic heterocycles. The lowest BCUT2D eigenvalue weighted by molar-refractivity contribution is -0.0906. The second kappa shape index (κ2) is 6.21. The monoisotopic (exact) mass is 376 g/mol. The van der Waals surface area contributed by atoms with E-state index in [-0.39, 0.29) is 5.91 Å². The van der Waals surface area contributed by atoms with Gasteiger partial charge >= 0.3 is 5.97 Å². The van der Waals surface area contributed by atoms with Crippen LogP contribution in [0.4, 0.5) is 0 Å². The lowest BCUT2D eigenvalue weighted by Gasteiger charge is -2.43. The first-order chi connectivity index (χ1) is 12.4. The standard InChI is InChI=1S/C18H20N2O5S/c1-10-14(11(2)25-19-10)16(21)20-6-4-18(5-7-20)15-12(3-8-24-18)9-13(26-15)17(22)23/h9H,3-8H2,1-2H3,(H,22,23). The molecule has 8 heteroatoms. The van der Waals surface area contributed by atoms with Crippen molar-refractivity contribution in [2.75, 3.05) is 19.7 Å². The molecule has 0 bridgehead atoms. The molecule has 0 aromatic carbocycles. The summed E-state index contributed by atoms with van der Waals surface area (Å²) in [6, 6.07) is 1.77. The third-order valence-corrected chi connectivity index (χ3v) is 6.64. The number of carbonyl (C=O) groups excluding carboxylic acids is 1. The lowest BCUT2D eigenvalue weighted by atomic mass is 9.85. The molecule has 138 valence electrons. The van der Waals surface area contributed by atoms with E-state index in [0.717, 1.165) is 16.9 Å². The average Bonchev–Trinajstić information content (AvgIpc) is 3.20. The maximum Gasteiger partial charge on any atom is 0.345 e. The van der Waals surface area contributed by atoms with Crippen LogP contribution in [0.15, 0.2) is 10.6 Å². The highest BCUT2D eigenvalue weighted by molar-refractivity contribution is 7.14. The van der Waals surface area contributed by atoms with Crippen molar-refractivity contribution >= 4 is 23.2 Å². The van der Waals surface area contributed by atoms with Gasteiger partial charge in [-0.1, -0.05) is 5.16 Å². The molecule has 0 aliphatic carbocycles. The van der Waals surface area contributed by atoms with Gasteiger partial charge in [0.05, 0.1) is 12.3 Å². The van der Waals surface area contributed by atoms with Crippen molar-refractivity contribution in [2.24, 2.45) is 0 Å². The number of thiophene rings is 1. The third-order valence-electron chi connectivity index (χ3n) is 5.29. The molecule has 2 aliphatic heterocycles. The predicted molar refractivity (Wildman–Crippen MR) is 93.7 cm³/mol. The van der Waals surface area contributed by atoms with E-state index in [2.05, 4.69) is 5.16 Å². The highest BCUT2D eigenvalue weighted by atomic mass is 32.1. The summed E-state index contributed by atoms with van der Waals surface area (Å²) in [5.41, 5.74) is 1.74. The van der Waals surface area contributed by atoms with Crippen molar-refractivity contribution in [3.8, 4) is 0 Å². The zero-order valence-corrected chi connectivity index (χ0v) is 15.5. The van der Waals surface area contributed by atoms with Gasteiger partial charge in [0.2, 0.25) is 0 Å². The predicted octanol–water partition coefficient (Wildman–Crippen LogP) is 2.76. The van der Waals surface area contributed by atoms with Crippen LogP contribution in [0.3, 0.4) is 0 Å². The number of hydrogen-bond acceptors (Lipinski definition) is 6. The average molecular weight is 376 g/mol. The minimum atomic E-state index is -0.898. The van der Waals surface area contributed by atoms with Crippen LogP contribution >= 0.6 is 11.3 Å². The number of aromatic carboxylic acids is 1. The first-order valence-electron chi connectivity index (χ1n) is 8.64. The number of hydrogen-bond donors (Lipinski definition) is 1. The number of ether oxygens (including phenoxy) is 1. The molecule has 26 heavy (non-hydrogen) atoms. The number of amides is 1. The van der Waals surface area contributed by atoms with E-state index >= 15 is 0 Å². The number of aromatic nitrogens is 1. The SMILES string of the molecule is Cc1noc(C)c1C(=O)N1CCC2(CC1)OCCc1cc(C(=O)O)sc12. The number of piperidine rings is 1. The summed E-state index contributed by atoms with van der Waals surface area (Å²) in [6.45, 7) is 5.21. The molecule has 0 radical (unpaired) electrons. The topological polar surface area (TPSA) is 92.9 Å². The van der Waals surface area contributed by atoms with Gasteiger partial charge in [0.15, 0.2) is 0 Å². The van der Waals surface area contributed by atoms with Gasteiger partial charge in [-0.05, 0) is 44.7 Å². The number of nitrogens with zero attached hydrogens (tertiary/aromatic N) is 2. The maximum absolute atomic E-state index is 12.8. The Balaban J connectivity index is 1.56. The van der Waals surface area contributed by atoms with Crippen LogP contribution < -0.4 is 0 Å². The normalized spacial score (nSPS) is 18.8. The number of carbonyl (C=O) groups is 2. The second-order valence-electron chi connectivity index (χ2n) is 6.85. The molecule has 2 aliphatic rings. The van der Waals surface area contributed by atoms with Gasteiger partial charge in [0, 0.05) is 18.0 Å². The van der Waals surface area contributed by atoms with Gasteiger partial charge in [-0.3, -0.25) is 4.79 Å². The van der Waals surface area contributed by atoms with Gasteiger partial charge in [-0.2, -0.15) is 0 Å². The summed E-state index contributed by atoms with van der Waals surface area (Å²) in [4.78, 5) is 27.3. The molecular weight excluding hydrogens is 356 g/mol. The maximum atomic E-state index is 12.8. The van der Waals surface area contributed by atoms with Crippen LogP contribution in [0, 0.1) is 13.8 Å². The van der Waals surface area contributed by atoms with Gasteiger partial charge in [0.1, 0.15) is 21.8 Å². The summed E-state index contributed by atoms with van der Waals surface area (Å²) < 4.78 is 11.3. The van der Waals surface area contributed by atoms with Crippen LogP contribution in [0.5, 0.6) is 0 Å². The zero-order valence-electron chi connectivity index (χ0n) is 14.7. The molecule has 4 heterocycles. The summed E-state index contributed by atoms with van der Waals surface area (Å²) in [5, 5.41) is 13.2. The molecule has 0 unspecified atom stereocenters. The summed E-state index contributed by atoms with van der Waals surface area (Å²) >= 11 is 1.31. The van der Waals surface area contributed by atoms with E-state index in [0.29, 0.717) is 54.4 Å². The number of likely N-dealkylation sites (tertiary alicyclic amines) is 1. The first-order valence-corrected chi connectivity index (χ1v) is 9.45. The summed E-state index contributed by atoms with van der Waals surface area (Å²) in [6.07, 6.45) is 2.06. The molecule has 1 amide bonds. The molecule has 0 saturated carbocycles. The summed E-state index contributed by atoms with van der Waals surface area (Å²) in [5.74, 6) is -0.427. The number of carboxylic acid groups (broad SMARTS) is 1. The minimum absolute atomic E-state index is 0.0652. The van der Waals surface area contributed by atoms with E-state index in [1.807, 2.05) is 0 Å². The Labute approximate surface area is 154 Å². The van der Waals surface area contributed by atoms with Crippen LogP contribution in [0.1, 0.15) is 54.8 Å². The van der Waals surface area contributed by atoms with Crippen molar-refractivity contribution in [2.45, 2.75) is 38.7 Å². The zero-order chi connectivity index (χ0) is 18.5. The molecule has 7 nitrogen and oxygen atoms in total. The molecule has 4 rings (SSSR count). The number of rotatable bonds is 2. The quantitative estimate of drug-likeness (QED) is 0.866. The largest absolute Gasteiger partial charge is 0.477 e. The first kappa shape index (κ1) is 17.2. The molecule has 0 atom stereocenters. The Morgan fingerprint density at radius 3 is 2.65 bits per heavy atom. The molecule has 1 saturated heterocycles. The van der Waals surface area contributed by atoms with Gasteiger partial charge in [0.25, 0.3) is 5.91 Å². The van der Waals surface area contributed by atoms with Crippen LogP contribution in [-0.4, -0.2) is 46.7 Å². The van der Waals surface area contributed by atoms with E-state index in [9.17, 15) is 14.7 Å². The van der Waals surface area contributed by atoms with Gasteiger partial charge in [-0.15, -0.1) is 11.3 Å². The Morgan fingerprint density at radius 1 is 1.31 bits per heavy atom. The van der Waals surface area contributed by atoms with Crippen molar-refractivity contribution < 1.29 is 24.0 Å². The molecule has 1 fully saturated rings. The van der Waals surface area contributed by atoms with Crippen molar-refractivity contribution in [1.82, 2.24) is 10.1 Å². The van der Waals surface area contributed by atoms with Crippen LogP contribution in [0.25, 0.3) is 0 Å². The van der Waals surface area contributed by atoms with E-state index in [4.69, 9.17) is 9.26 Å². The Kier molecular flexibility index (Phi) is 4.11. The third kappa shape index (κ3) is 2.64. The van der Waals surface area contributed by atoms with Crippen molar-refractivity contribution in [3.63, 3.8) is 0 Å². The summed E-state index contributed by atoms with van der Waals surface area (Å²) in [7, 11) is 0. The highest BCUT2D eigenvalue weighted by Crippen LogP contribution is 2.45. The Morgan fingerprint density at radius 2 is 2.04 bits per heavy atom. The van der Waals surface area contributed by atoms with Crippen LogP contribution in [-0.2, 0) is 16.8 Å². The number of fused-ring (bicyclic) bond motifs is 2. The smallest absolute Gasteiger partial charge is 0.345 e. The fraction of sp³-hybridized carbons (Fsp3) is 0.500. The van der Waals surface area contributed by atoms with E-state index in [1.54, 1.807) is 24.8 Å². The van der Waals surface area contributed by atoms with Crippen LogP contribution in [0.2, 0.25) is 0 Å². The Bertz CT molecular complexity index is 857. The highest BCUT2D eigenvalue weighted by Gasteiger charge is 2.44. The van der Waals surface area contributed by atoms with Crippen molar-refractivity contribution in [3.05, 3.63) is 38.4 Å². The minimum Gasteiger partial charge on any atom is -0.477 e. The number of carboxylic acids is 1.